The molecule has 0 spiro atoms. The van der Waals surface area contributed by atoms with Gasteiger partial charge in [0.25, 0.3) is 0 Å². The van der Waals surface area contributed by atoms with Crippen LogP contribution < -0.4 is 0 Å². The van der Waals surface area contributed by atoms with E-state index in [9.17, 15) is 0 Å². The van der Waals surface area contributed by atoms with Crippen molar-refractivity contribution in [3.8, 4) is 0 Å². The summed E-state index contributed by atoms with van der Waals surface area (Å²) < 4.78 is 0. The molecule has 2 aromatic rings. The van der Waals surface area contributed by atoms with Gasteiger partial charge in [0.05, 0.1) is 11.6 Å². The van der Waals surface area contributed by atoms with Crippen LogP contribution in [-0.2, 0) is 6.42 Å². The zero-order valence-electron chi connectivity index (χ0n) is 8.57. The smallest absolute Gasteiger partial charge is 0.0865 e. The maximum absolute atomic E-state index is 6.31. The van der Waals surface area contributed by atoms with Gasteiger partial charge in [0.15, 0.2) is 0 Å². The molecule has 0 aliphatic carbocycles. The van der Waals surface area contributed by atoms with Crippen molar-refractivity contribution in [2.24, 2.45) is 0 Å². The lowest BCUT2D eigenvalue weighted by Crippen LogP contribution is -1.91. The number of nitrogens with zero attached hydrogens (tertiary/aromatic N) is 1. The quantitative estimate of drug-likeness (QED) is 0.790. The molecule has 1 aromatic heterocycles. The highest BCUT2D eigenvalue weighted by Crippen LogP contribution is 2.27. The summed E-state index contributed by atoms with van der Waals surface area (Å²) in [6.07, 6.45) is 4.63. The zero-order valence-corrected chi connectivity index (χ0v) is 9.33. The molecular weight excluding hydrogens is 208 g/mol. The minimum Gasteiger partial charge on any atom is -0.285 e. The number of benzene rings is 1. The van der Waals surface area contributed by atoms with Crippen LogP contribution in [0.3, 0.4) is 0 Å². The van der Waals surface area contributed by atoms with E-state index < -0.39 is 0 Å². The molecule has 78 valence electrons. The fourth-order valence-electron chi connectivity index (χ4n) is 1.51. The minimum atomic E-state index is -0.116. The molecule has 15 heavy (non-hydrogen) atoms. The van der Waals surface area contributed by atoms with E-state index >= 15 is 0 Å². The summed E-state index contributed by atoms with van der Waals surface area (Å²) in [6, 6.07) is 8.38. The number of hydrogen-bond acceptors (Lipinski definition) is 1. The normalized spacial score (nSPS) is 12.7. The highest BCUT2D eigenvalue weighted by molar-refractivity contribution is 6.22. The molecule has 2 nitrogen and oxygen atoms in total. The van der Waals surface area contributed by atoms with Crippen LogP contribution in [-0.4, -0.2) is 10.2 Å². The van der Waals surface area contributed by atoms with Gasteiger partial charge >= 0.3 is 0 Å². The molecule has 0 aliphatic heterocycles. The first-order valence-electron chi connectivity index (χ1n) is 5.03. The highest BCUT2D eigenvalue weighted by atomic mass is 35.5. The molecule has 0 radical (unpaired) electrons. The number of aromatic nitrogens is 2. The molecular formula is C12H13ClN2. The Morgan fingerprint density at radius 3 is 2.53 bits per heavy atom. The van der Waals surface area contributed by atoms with E-state index in [-0.39, 0.29) is 5.38 Å². The van der Waals surface area contributed by atoms with Crippen LogP contribution in [0, 0.1) is 0 Å². The van der Waals surface area contributed by atoms with Gasteiger partial charge < -0.3 is 0 Å². The van der Waals surface area contributed by atoms with Crippen LogP contribution in [0.25, 0.3) is 0 Å². The molecule has 0 saturated heterocycles. The van der Waals surface area contributed by atoms with Gasteiger partial charge in [-0.3, -0.25) is 5.10 Å². The largest absolute Gasteiger partial charge is 0.285 e. The SMILES string of the molecule is CCc1ccc(C(Cl)c2cn[nH]c2)cc1. The second-order valence-electron chi connectivity index (χ2n) is 3.49. The van der Waals surface area contributed by atoms with Crippen molar-refractivity contribution in [1.29, 1.82) is 0 Å². The third kappa shape index (κ3) is 2.21. The lowest BCUT2D eigenvalue weighted by Gasteiger charge is -2.07. The van der Waals surface area contributed by atoms with Gasteiger partial charge in [0.1, 0.15) is 0 Å². The number of hydrogen-bond donors (Lipinski definition) is 1. The van der Waals surface area contributed by atoms with E-state index in [0.29, 0.717) is 0 Å². The Labute approximate surface area is 94.3 Å². The number of alkyl halides is 1. The molecule has 1 atom stereocenters. The van der Waals surface area contributed by atoms with E-state index in [1.54, 1.807) is 6.20 Å². The molecule has 1 aromatic carbocycles. The van der Waals surface area contributed by atoms with E-state index in [1.807, 2.05) is 6.20 Å². The van der Waals surface area contributed by atoms with E-state index in [0.717, 1.165) is 17.5 Å². The third-order valence-electron chi connectivity index (χ3n) is 2.49. The molecule has 2 rings (SSSR count). The lowest BCUT2D eigenvalue weighted by atomic mass is 10.0. The van der Waals surface area contributed by atoms with E-state index in [2.05, 4.69) is 41.4 Å². The van der Waals surface area contributed by atoms with Gasteiger partial charge in [-0.15, -0.1) is 11.6 Å². The summed E-state index contributed by atoms with van der Waals surface area (Å²) in [5.74, 6) is 0. The van der Waals surface area contributed by atoms with Crippen LogP contribution in [0.1, 0.15) is 29.0 Å². The Kier molecular flexibility index (Phi) is 3.07. The van der Waals surface area contributed by atoms with Crippen LogP contribution >= 0.6 is 11.6 Å². The van der Waals surface area contributed by atoms with Crippen molar-refractivity contribution in [2.75, 3.05) is 0 Å². The summed E-state index contributed by atoms with van der Waals surface area (Å²) in [4.78, 5) is 0. The van der Waals surface area contributed by atoms with Gasteiger partial charge in [0, 0.05) is 11.8 Å². The second-order valence-corrected chi connectivity index (χ2v) is 3.93. The summed E-state index contributed by atoms with van der Waals surface area (Å²) in [5.41, 5.74) is 3.44. The number of halogens is 1. The molecule has 0 bridgehead atoms. The molecule has 3 heteroatoms. The number of aryl methyl sites for hydroxylation is 1. The number of rotatable bonds is 3. The maximum atomic E-state index is 6.31. The first-order chi connectivity index (χ1) is 7.31. The molecule has 0 amide bonds. The van der Waals surface area contributed by atoms with Crippen LogP contribution in [0.5, 0.6) is 0 Å². The van der Waals surface area contributed by atoms with Gasteiger partial charge in [-0.2, -0.15) is 5.10 Å². The third-order valence-corrected chi connectivity index (χ3v) is 3.00. The van der Waals surface area contributed by atoms with Crippen molar-refractivity contribution in [2.45, 2.75) is 18.7 Å². The summed E-state index contributed by atoms with van der Waals surface area (Å²) in [5, 5.41) is 6.55. The molecule has 0 fully saturated rings. The van der Waals surface area contributed by atoms with Crippen LogP contribution in [0.4, 0.5) is 0 Å². The predicted octanol–water partition coefficient (Wildman–Crippen LogP) is 3.30. The fourth-order valence-corrected chi connectivity index (χ4v) is 1.78. The summed E-state index contributed by atoms with van der Waals surface area (Å²) in [7, 11) is 0. The molecule has 0 saturated carbocycles. The average Bonchev–Trinajstić information content (AvgIpc) is 2.82. The Morgan fingerprint density at radius 1 is 1.27 bits per heavy atom. The molecule has 1 heterocycles. The standard InChI is InChI=1S/C12H13ClN2/c1-2-9-3-5-10(6-4-9)12(13)11-7-14-15-8-11/h3-8,12H,2H2,1H3,(H,14,15). The Balaban J connectivity index is 2.22. The summed E-state index contributed by atoms with van der Waals surface area (Å²) in [6.45, 7) is 2.14. The first kappa shape index (κ1) is 10.2. The second kappa shape index (κ2) is 4.49. The molecule has 1 N–H and O–H groups in total. The van der Waals surface area contributed by atoms with Crippen molar-refractivity contribution in [1.82, 2.24) is 10.2 Å². The van der Waals surface area contributed by atoms with Crippen LogP contribution in [0.2, 0.25) is 0 Å². The zero-order chi connectivity index (χ0) is 10.7. The predicted molar refractivity (Wildman–Crippen MR) is 62.1 cm³/mol. The number of H-pyrrole nitrogens is 1. The number of aromatic amines is 1. The lowest BCUT2D eigenvalue weighted by molar-refractivity contribution is 1.09. The highest BCUT2D eigenvalue weighted by Gasteiger charge is 2.10. The minimum absolute atomic E-state index is 0.116. The Hall–Kier alpha value is -1.28. The van der Waals surface area contributed by atoms with E-state index in [4.69, 9.17) is 11.6 Å². The van der Waals surface area contributed by atoms with E-state index in [1.165, 1.54) is 5.56 Å². The number of nitrogens with one attached hydrogen (secondary N) is 1. The van der Waals surface area contributed by atoms with Crippen LogP contribution in [0.15, 0.2) is 36.7 Å². The topological polar surface area (TPSA) is 28.7 Å². The Morgan fingerprint density at radius 2 is 2.00 bits per heavy atom. The van der Waals surface area contributed by atoms with Gasteiger partial charge in [-0.1, -0.05) is 31.2 Å². The first-order valence-corrected chi connectivity index (χ1v) is 5.46. The molecule has 1 unspecified atom stereocenters. The maximum Gasteiger partial charge on any atom is 0.0865 e. The van der Waals surface area contributed by atoms with Crippen molar-refractivity contribution in [3.63, 3.8) is 0 Å². The summed E-state index contributed by atoms with van der Waals surface area (Å²) >= 11 is 6.31. The monoisotopic (exact) mass is 220 g/mol. The fraction of sp³-hybridized carbons (Fsp3) is 0.250. The van der Waals surface area contributed by atoms with Crippen molar-refractivity contribution < 1.29 is 0 Å². The Bertz CT molecular complexity index is 406. The van der Waals surface area contributed by atoms with Gasteiger partial charge in [-0.05, 0) is 17.5 Å². The van der Waals surface area contributed by atoms with Gasteiger partial charge in [-0.25, -0.2) is 0 Å². The van der Waals surface area contributed by atoms with Crippen molar-refractivity contribution in [3.05, 3.63) is 53.3 Å². The van der Waals surface area contributed by atoms with Gasteiger partial charge in [0.2, 0.25) is 0 Å². The molecule has 0 aliphatic rings. The average molecular weight is 221 g/mol. The van der Waals surface area contributed by atoms with Crippen molar-refractivity contribution >= 4 is 11.6 Å².